The van der Waals surface area contributed by atoms with E-state index in [-0.39, 0.29) is 5.91 Å². The van der Waals surface area contributed by atoms with E-state index >= 15 is 0 Å². The average molecular weight is 270 g/mol. The summed E-state index contributed by atoms with van der Waals surface area (Å²) in [5.74, 6) is 22.7. The molecule has 0 fully saturated rings. The molecule has 0 atom stereocenters. The summed E-state index contributed by atoms with van der Waals surface area (Å²) < 4.78 is 0. The van der Waals surface area contributed by atoms with E-state index in [0.29, 0.717) is 0 Å². The number of hydrogen-bond donors (Lipinski definition) is 2. The number of amides is 1. The minimum atomic E-state index is -0.232. The predicted octanol–water partition coefficient (Wildman–Crippen LogP) is 0.654. The molecule has 0 radical (unpaired) electrons. The molecule has 2 N–H and O–H groups in total. The second kappa shape index (κ2) is 10.2. The molecule has 0 saturated heterocycles. The molecule has 1 amide bonds. The number of allylic oxidation sites excluding steroid dienone is 4. The van der Waals surface area contributed by atoms with E-state index in [9.17, 15) is 4.79 Å². The number of carbonyl (C=O) groups excluding carboxylic acids is 1. The lowest BCUT2D eigenvalue weighted by molar-refractivity contribution is -0.117. The van der Waals surface area contributed by atoms with Gasteiger partial charge in [-0.25, -0.2) is 0 Å². The third-order valence-electron chi connectivity index (χ3n) is 1.77. The fraction of sp³-hybridized carbons (Fsp3) is 0.0556. The van der Waals surface area contributed by atoms with E-state index in [1.807, 2.05) is 24.4 Å². The SMILES string of the molecule is CC(=O)NC#CC#CC#CC#CC#CC=C1C=CC=CN1. The highest BCUT2D eigenvalue weighted by Gasteiger charge is 1.87. The zero-order chi connectivity index (χ0) is 15.2. The Bertz CT molecular complexity index is 799. The van der Waals surface area contributed by atoms with Crippen LogP contribution in [0.4, 0.5) is 0 Å². The molecule has 0 saturated carbocycles. The van der Waals surface area contributed by atoms with E-state index in [1.54, 1.807) is 6.08 Å². The summed E-state index contributed by atoms with van der Waals surface area (Å²) in [5, 5.41) is 5.30. The van der Waals surface area contributed by atoms with Crippen molar-refractivity contribution in [2.75, 3.05) is 0 Å². The Morgan fingerprint density at radius 2 is 1.71 bits per heavy atom. The van der Waals surface area contributed by atoms with Crippen molar-refractivity contribution in [1.82, 2.24) is 10.6 Å². The maximum Gasteiger partial charge on any atom is 0.228 e. The molecule has 0 aromatic rings. The Morgan fingerprint density at radius 1 is 1.05 bits per heavy atom. The standard InChI is InChI=1S/C18H10N2O/c1-17(21)19-15-11-8-6-4-2-3-5-7-9-13-18-14-10-12-16-20-18/h10,12-14,16,20H,1H3,(H,19,21). The van der Waals surface area contributed by atoms with Gasteiger partial charge in [0.25, 0.3) is 0 Å². The Balaban J connectivity index is 2.41. The molecule has 0 spiro atoms. The molecule has 1 heterocycles. The predicted molar refractivity (Wildman–Crippen MR) is 82.2 cm³/mol. The van der Waals surface area contributed by atoms with Crippen LogP contribution in [0.1, 0.15) is 6.92 Å². The zero-order valence-corrected chi connectivity index (χ0v) is 11.3. The molecule has 21 heavy (non-hydrogen) atoms. The highest BCUT2D eigenvalue weighted by atomic mass is 16.1. The Morgan fingerprint density at radius 3 is 2.33 bits per heavy atom. The number of nitrogens with one attached hydrogen (secondary N) is 2. The van der Waals surface area contributed by atoms with Crippen molar-refractivity contribution in [2.24, 2.45) is 0 Å². The van der Waals surface area contributed by atoms with Gasteiger partial charge < -0.3 is 5.32 Å². The van der Waals surface area contributed by atoms with E-state index in [4.69, 9.17) is 0 Å². The van der Waals surface area contributed by atoms with Crippen LogP contribution < -0.4 is 10.6 Å². The van der Waals surface area contributed by atoms with E-state index < -0.39 is 0 Å². The molecule has 0 unspecified atom stereocenters. The van der Waals surface area contributed by atoms with Crippen molar-refractivity contribution in [3.63, 3.8) is 0 Å². The second-order valence-electron chi connectivity index (χ2n) is 3.41. The minimum absolute atomic E-state index is 0.232. The maximum absolute atomic E-state index is 10.5. The van der Waals surface area contributed by atoms with Gasteiger partial charge in [-0.3, -0.25) is 10.1 Å². The van der Waals surface area contributed by atoms with Crippen molar-refractivity contribution in [2.45, 2.75) is 6.92 Å². The first-order valence-corrected chi connectivity index (χ1v) is 5.86. The summed E-state index contributed by atoms with van der Waals surface area (Å²) in [7, 11) is 0. The normalized spacial score (nSPS) is 11.4. The second-order valence-corrected chi connectivity index (χ2v) is 3.41. The smallest absolute Gasteiger partial charge is 0.228 e. The van der Waals surface area contributed by atoms with Gasteiger partial charge in [0, 0.05) is 54.6 Å². The van der Waals surface area contributed by atoms with Crippen molar-refractivity contribution in [1.29, 1.82) is 0 Å². The molecule has 3 heteroatoms. The number of rotatable bonds is 0. The summed E-state index contributed by atoms with van der Waals surface area (Å²) in [4.78, 5) is 10.5. The quantitative estimate of drug-likeness (QED) is 0.501. The molecule has 0 aliphatic carbocycles. The first kappa shape index (κ1) is 15.3. The molecule has 1 rings (SSSR count). The van der Waals surface area contributed by atoms with Crippen molar-refractivity contribution in [3.05, 3.63) is 36.2 Å². The van der Waals surface area contributed by atoms with E-state index in [1.165, 1.54) is 6.92 Å². The molecule has 3 nitrogen and oxygen atoms in total. The van der Waals surface area contributed by atoms with E-state index in [0.717, 1.165) is 5.70 Å². The number of dihydropyridines is 1. The first-order valence-electron chi connectivity index (χ1n) is 5.86. The lowest BCUT2D eigenvalue weighted by Crippen LogP contribution is -2.11. The van der Waals surface area contributed by atoms with Gasteiger partial charge in [-0.15, -0.1) is 0 Å². The molecule has 0 aromatic heterocycles. The van der Waals surface area contributed by atoms with Gasteiger partial charge in [-0.2, -0.15) is 0 Å². The maximum atomic E-state index is 10.5. The highest BCUT2D eigenvalue weighted by molar-refractivity contribution is 5.74. The summed E-state index contributed by atoms with van der Waals surface area (Å²) in [6, 6.07) is 2.36. The summed E-state index contributed by atoms with van der Waals surface area (Å²) in [5.41, 5.74) is 0.904. The number of hydrogen-bond acceptors (Lipinski definition) is 2. The third kappa shape index (κ3) is 8.94. The molecule has 1 aliphatic heterocycles. The van der Waals surface area contributed by atoms with Crippen LogP contribution in [0.25, 0.3) is 0 Å². The van der Waals surface area contributed by atoms with Crippen LogP contribution in [0.5, 0.6) is 0 Å². The topological polar surface area (TPSA) is 41.1 Å². The largest absolute Gasteiger partial charge is 0.361 e. The molecule has 0 bridgehead atoms. The minimum Gasteiger partial charge on any atom is -0.361 e. The summed E-state index contributed by atoms with van der Waals surface area (Å²) in [6.07, 6.45) is 9.24. The Kier molecular flexibility index (Phi) is 7.48. The average Bonchev–Trinajstić information content (AvgIpc) is 2.49. The van der Waals surface area contributed by atoms with Gasteiger partial charge in [-0.05, 0) is 35.8 Å². The van der Waals surface area contributed by atoms with Gasteiger partial charge in [0.1, 0.15) is 0 Å². The Labute approximate surface area is 124 Å². The highest BCUT2D eigenvalue weighted by Crippen LogP contribution is 1.96. The van der Waals surface area contributed by atoms with Gasteiger partial charge in [0.15, 0.2) is 0 Å². The van der Waals surface area contributed by atoms with Crippen LogP contribution >= 0.6 is 0 Å². The van der Waals surface area contributed by atoms with Gasteiger partial charge in [0.05, 0.1) is 0 Å². The van der Waals surface area contributed by atoms with Crippen LogP contribution in [0, 0.1) is 59.3 Å². The molecular weight excluding hydrogens is 260 g/mol. The zero-order valence-electron chi connectivity index (χ0n) is 11.3. The summed E-state index contributed by atoms with van der Waals surface area (Å²) in [6.45, 7) is 1.37. The van der Waals surface area contributed by atoms with Gasteiger partial charge in [-0.1, -0.05) is 12.0 Å². The lowest BCUT2D eigenvalue weighted by atomic mass is 10.3. The fourth-order valence-corrected chi connectivity index (χ4v) is 0.985. The third-order valence-corrected chi connectivity index (χ3v) is 1.77. The molecular formula is C18H10N2O. The van der Waals surface area contributed by atoms with Crippen LogP contribution in [0.15, 0.2) is 36.2 Å². The molecule has 0 aromatic carbocycles. The molecule has 1 aliphatic rings. The molecule has 98 valence electrons. The van der Waals surface area contributed by atoms with Gasteiger partial charge >= 0.3 is 0 Å². The van der Waals surface area contributed by atoms with E-state index in [2.05, 4.69) is 70.0 Å². The van der Waals surface area contributed by atoms with Gasteiger partial charge in [0.2, 0.25) is 5.91 Å². The first-order chi connectivity index (χ1) is 10.3. The van der Waals surface area contributed by atoms with Crippen LogP contribution in [0.3, 0.4) is 0 Å². The summed E-state index contributed by atoms with van der Waals surface area (Å²) >= 11 is 0. The number of carbonyl (C=O) groups is 1. The van der Waals surface area contributed by atoms with Crippen LogP contribution in [-0.4, -0.2) is 5.91 Å². The Hall–Kier alpha value is -3.71. The van der Waals surface area contributed by atoms with Crippen LogP contribution in [-0.2, 0) is 4.79 Å². The van der Waals surface area contributed by atoms with Crippen molar-refractivity contribution >= 4 is 5.91 Å². The lowest BCUT2D eigenvalue weighted by Gasteiger charge is -2.01. The van der Waals surface area contributed by atoms with Crippen molar-refractivity contribution in [3.8, 4) is 59.3 Å². The fourth-order valence-electron chi connectivity index (χ4n) is 0.985. The van der Waals surface area contributed by atoms with Crippen molar-refractivity contribution < 1.29 is 4.79 Å². The van der Waals surface area contributed by atoms with Crippen LogP contribution in [0.2, 0.25) is 0 Å². The monoisotopic (exact) mass is 270 g/mol.